The van der Waals surface area contributed by atoms with Crippen molar-refractivity contribution < 1.29 is 13.2 Å². The van der Waals surface area contributed by atoms with Gasteiger partial charge in [0.25, 0.3) is 0 Å². The van der Waals surface area contributed by atoms with Crippen LogP contribution in [0.5, 0.6) is 0 Å². The molecule has 31 heavy (non-hydrogen) atoms. The number of nitrogens with zero attached hydrogens (tertiary/aromatic N) is 2. The Balaban J connectivity index is 1.68. The maximum atomic E-state index is 12.9. The molecule has 1 unspecified atom stereocenters. The van der Waals surface area contributed by atoms with E-state index in [0.29, 0.717) is 11.6 Å². The van der Waals surface area contributed by atoms with Crippen molar-refractivity contribution in [1.29, 1.82) is 0 Å². The fraction of sp³-hybridized carbons (Fsp3) is 0.409. The summed E-state index contributed by atoms with van der Waals surface area (Å²) in [6.07, 6.45) is 0. The third kappa shape index (κ3) is 6.75. The van der Waals surface area contributed by atoms with E-state index in [4.69, 9.17) is 11.6 Å². The zero-order chi connectivity index (χ0) is 22.4. The first-order valence-electron chi connectivity index (χ1n) is 10.3. The Morgan fingerprint density at radius 3 is 2.26 bits per heavy atom. The molecular formula is C22H29ClN4O3S. The molecule has 7 nitrogen and oxygen atoms in total. The highest BCUT2D eigenvalue weighted by atomic mass is 35.5. The molecule has 2 atom stereocenters. The van der Waals surface area contributed by atoms with E-state index < -0.39 is 16.1 Å². The Morgan fingerprint density at radius 1 is 1.03 bits per heavy atom. The van der Waals surface area contributed by atoms with Gasteiger partial charge in [0.2, 0.25) is 15.9 Å². The van der Waals surface area contributed by atoms with Crippen LogP contribution in [-0.4, -0.2) is 69.9 Å². The Labute approximate surface area is 189 Å². The summed E-state index contributed by atoms with van der Waals surface area (Å²) < 4.78 is 27.7. The molecule has 0 bridgehead atoms. The molecule has 1 amide bonds. The number of hydrogen-bond donors (Lipinski definition) is 2. The number of hydrogen-bond acceptors (Lipinski definition) is 5. The predicted octanol–water partition coefficient (Wildman–Crippen LogP) is 2.11. The van der Waals surface area contributed by atoms with Gasteiger partial charge in [-0.25, -0.2) is 8.42 Å². The molecule has 2 aromatic carbocycles. The lowest BCUT2D eigenvalue weighted by atomic mass is 10.1. The van der Waals surface area contributed by atoms with Gasteiger partial charge in [-0.2, -0.15) is 4.72 Å². The molecule has 0 saturated carbocycles. The van der Waals surface area contributed by atoms with E-state index in [1.165, 1.54) is 24.3 Å². The van der Waals surface area contributed by atoms with Crippen LogP contribution in [0.4, 0.5) is 0 Å². The Kier molecular flexibility index (Phi) is 8.07. The van der Waals surface area contributed by atoms with Crippen LogP contribution in [0.2, 0.25) is 5.02 Å². The van der Waals surface area contributed by atoms with Gasteiger partial charge in [-0.1, -0.05) is 41.9 Å². The molecule has 168 valence electrons. The highest BCUT2D eigenvalue weighted by molar-refractivity contribution is 7.89. The van der Waals surface area contributed by atoms with E-state index in [9.17, 15) is 13.2 Å². The molecule has 0 aromatic heterocycles. The van der Waals surface area contributed by atoms with Crippen LogP contribution in [0.25, 0.3) is 0 Å². The summed E-state index contributed by atoms with van der Waals surface area (Å²) in [6.45, 7) is 6.02. The smallest absolute Gasteiger partial charge is 0.241 e. The molecule has 1 saturated heterocycles. The van der Waals surface area contributed by atoms with E-state index in [-0.39, 0.29) is 16.8 Å². The molecule has 0 spiro atoms. The van der Waals surface area contributed by atoms with Crippen LogP contribution >= 0.6 is 11.6 Å². The predicted molar refractivity (Wildman–Crippen MR) is 122 cm³/mol. The van der Waals surface area contributed by atoms with Crippen molar-refractivity contribution in [3.8, 4) is 0 Å². The van der Waals surface area contributed by atoms with Crippen LogP contribution in [-0.2, 0) is 14.8 Å². The number of piperazine rings is 1. The Bertz CT molecular complexity index is 962. The van der Waals surface area contributed by atoms with Gasteiger partial charge in [0, 0.05) is 37.7 Å². The third-order valence-corrected chi connectivity index (χ3v) is 7.21. The maximum absolute atomic E-state index is 12.9. The number of amides is 1. The molecule has 1 aliphatic heterocycles. The SMILES string of the molecule is C[C@H](NS(=O)(=O)c1ccc(Cl)cc1)C(=O)NC(CN1CCN(C)CC1)c1ccccc1. The second-order valence-electron chi connectivity index (χ2n) is 7.87. The molecule has 0 aliphatic carbocycles. The van der Waals surface area contributed by atoms with Gasteiger partial charge in [0.05, 0.1) is 17.0 Å². The van der Waals surface area contributed by atoms with E-state index in [1.807, 2.05) is 30.3 Å². The number of sulfonamides is 1. The zero-order valence-electron chi connectivity index (χ0n) is 17.8. The van der Waals surface area contributed by atoms with Gasteiger partial charge in [-0.05, 0) is 43.8 Å². The summed E-state index contributed by atoms with van der Waals surface area (Å²) >= 11 is 5.84. The summed E-state index contributed by atoms with van der Waals surface area (Å²) in [6, 6.07) is 14.4. The topological polar surface area (TPSA) is 81.7 Å². The van der Waals surface area contributed by atoms with E-state index >= 15 is 0 Å². The first kappa shape index (κ1) is 23.7. The van der Waals surface area contributed by atoms with Crippen LogP contribution < -0.4 is 10.0 Å². The molecule has 1 fully saturated rings. The van der Waals surface area contributed by atoms with Crippen molar-refractivity contribution in [3.05, 3.63) is 65.2 Å². The minimum atomic E-state index is -3.84. The molecule has 0 radical (unpaired) electrons. The third-order valence-electron chi connectivity index (χ3n) is 5.40. The second-order valence-corrected chi connectivity index (χ2v) is 10.0. The number of likely N-dealkylation sites (N-methyl/N-ethyl adjacent to an activating group) is 1. The van der Waals surface area contributed by atoms with Crippen molar-refractivity contribution >= 4 is 27.5 Å². The Hall–Kier alpha value is -1.97. The van der Waals surface area contributed by atoms with Crippen LogP contribution in [0.3, 0.4) is 0 Å². The lowest BCUT2D eigenvalue weighted by Crippen LogP contribution is -2.50. The van der Waals surface area contributed by atoms with Crippen LogP contribution in [0, 0.1) is 0 Å². The lowest BCUT2D eigenvalue weighted by Gasteiger charge is -2.35. The monoisotopic (exact) mass is 464 g/mol. The fourth-order valence-corrected chi connectivity index (χ4v) is 4.80. The fourth-order valence-electron chi connectivity index (χ4n) is 3.47. The van der Waals surface area contributed by atoms with Crippen molar-refractivity contribution in [2.75, 3.05) is 39.8 Å². The molecule has 1 aliphatic rings. The van der Waals surface area contributed by atoms with Gasteiger partial charge < -0.3 is 10.2 Å². The quantitative estimate of drug-likeness (QED) is 0.625. The number of rotatable bonds is 8. The van der Waals surface area contributed by atoms with Crippen LogP contribution in [0.1, 0.15) is 18.5 Å². The molecule has 9 heteroatoms. The lowest BCUT2D eigenvalue weighted by molar-refractivity contribution is -0.123. The first-order chi connectivity index (χ1) is 14.7. The average Bonchev–Trinajstić information content (AvgIpc) is 2.75. The zero-order valence-corrected chi connectivity index (χ0v) is 19.4. The largest absolute Gasteiger partial charge is 0.347 e. The normalized spacial score (nSPS) is 17.8. The summed E-state index contributed by atoms with van der Waals surface area (Å²) in [5.74, 6) is -0.375. The molecule has 2 aromatic rings. The van der Waals surface area contributed by atoms with Crippen molar-refractivity contribution in [1.82, 2.24) is 19.8 Å². The minimum Gasteiger partial charge on any atom is -0.347 e. The van der Waals surface area contributed by atoms with Crippen molar-refractivity contribution in [2.45, 2.75) is 23.9 Å². The van der Waals surface area contributed by atoms with E-state index in [2.05, 4.69) is 26.9 Å². The molecular weight excluding hydrogens is 436 g/mol. The van der Waals surface area contributed by atoms with Crippen LogP contribution in [0.15, 0.2) is 59.5 Å². The average molecular weight is 465 g/mol. The number of benzene rings is 2. The summed E-state index contributed by atoms with van der Waals surface area (Å²) in [5, 5.41) is 3.48. The van der Waals surface area contributed by atoms with E-state index in [0.717, 1.165) is 31.7 Å². The Morgan fingerprint density at radius 2 is 1.65 bits per heavy atom. The summed E-state index contributed by atoms with van der Waals surface area (Å²) in [7, 11) is -1.74. The maximum Gasteiger partial charge on any atom is 0.241 e. The van der Waals surface area contributed by atoms with Gasteiger partial charge in [0.15, 0.2) is 0 Å². The molecule has 1 heterocycles. The first-order valence-corrected chi connectivity index (χ1v) is 12.1. The summed E-state index contributed by atoms with van der Waals surface area (Å²) in [4.78, 5) is 17.6. The second kappa shape index (κ2) is 10.6. The van der Waals surface area contributed by atoms with Gasteiger partial charge in [-0.3, -0.25) is 9.69 Å². The summed E-state index contributed by atoms with van der Waals surface area (Å²) in [5.41, 5.74) is 0.988. The van der Waals surface area contributed by atoms with Gasteiger partial charge in [0.1, 0.15) is 0 Å². The van der Waals surface area contributed by atoms with Crippen molar-refractivity contribution in [2.24, 2.45) is 0 Å². The minimum absolute atomic E-state index is 0.0635. The highest BCUT2D eigenvalue weighted by Crippen LogP contribution is 2.17. The van der Waals surface area contributed by atoms with Crippen molar-refractivity contribution in [3.63, 3.8) is 0 Å². The highest BCUT2D eigenvalue weighted by Gasteiger charge is 2.26. The number of nitrogens with one attached hydrogen (secondary N) is 2. The number of carbonyl (C=O) groups excluding carboxylic acids is 1. The number of halogens is 1. The standard InChI is InChI=1S/C22H29ClN4O3S/c1-17(25-31(29,30)20-10-8-19(23)9-11-20)22(28)24-21(18-6-4-3-5-7-18)16-27-14-12-26(2)13-15-27/h3-11,17,21,25H,12-16H2,1-2H3,(H,24,28)/t17-,21?/m0/s1. The molecule has 3 rings (SSSR count). The van der Waals surface area contributed by atoms with E-state index in [1.54, 1.807) is 6.92 Å². The van der Waals surface area contributed by atoms with Gasteiger partial charge in [-0.15, -0.1) is 0 Å². The van der Waals surface area contributed by atoms with Gasteiger partial charge >= 0.3 is 0 Å². The molecule has 2 N–H and O–H groups in total. The number of carbonyl (C=O) groups is 1.